The second-order valence-electron chi connectivity index (χ2n) is 2.09. The maximum atomic E-state index is 10.7. The Labute approximate surface area is 54.1 Å². The van der Waals surface area contributed by atoms with Crippen molar-refractivity contribution in [2.24, 2.45) is 0 Å². The Kier molecular flexibility index (Phi) is 1.34. The van der Waals surface area contributed by atoms with Crippen LogP contribution in [0.15, 0.2) is 18.3 Å². The zero-order valence-corrected chi connectivity index (χ0v) is 5.53. The second kappa shape index (κ2) is 2.01. The largest absolute Gasteiger partial charge is 0.805 e. The quantitative estimate of drug-likeness (QED) is 0.558. The van der Waals surface area contributed by atoms with Gasteiger partial charge in [0.2, 0.25) is 0 Å². The summed E-state index contributed by atoms with van der Waals surface area (Å²) < 4.78 is 0.833. The molecule has 1 heterocycles. The van der Waals surface area contributed by atoms with E-state index in [0.29, 0.717) is 5.82 Å². The molecule has 0 aliphatic heterocycles. The van der Waals surface area contributed by atoms with Gasteiger partial charge in [0.1, 0.15) is 5.82 Å². The number of nitrogens with zero attached hydrogens (tertiary/aromatic N) is 2. The average molecular weight is 125 g/mol. The zero-order chi connectivity index (χ0) is 6.85. The molecule has 0 atom stereocenters. The molecule has 3 nitrogen and oxygen atoms in total. The summed E-state index contributed by atoms with van der Waals surface area (Å²) >= 11 is 0. The van der Waals surface area contributed by atoms with Gasteiger partial charge in [0.25, 0.3) is 0 Å². The Morgan fingerprint density at radius 2 is 2.22 bits per heavy atom. The standard InChI is InChI=1S/C6H9N2O/c1-7(2)6-4-3-5-8(6)9/h3-5H,1-2H3/q-1. The van der Waals surface area contributed by atoms with Crippen molar-refractivity contribution in [3.63, 3.8) is 0 Å². The van der Waals surface area contributed by atoms with Crippen molar-refractivity contribution in [1.82, 2.24) is 4.73 Å². The first-order chi connectivity index (χ1) is 4.22. The lowest BCUT2D eigenvalue weighted by molar-refractivity contribution is 0.994. The van der Waals surface area contributed by atoms with Crippen LogP contribution in [0, 0.1) is 5.21 Å². The fourth-order valence-corrected chi connectivity index (χ4v) is 0.703. The van der Waals surface area contributed by atoms with E-state index < -0.39 is 0 Å². The predicted octanol–water partition coefficient (Wildman–Crippen LogP) is 0.900. The minimum Gasteiger partial charge on any atom is -0.805 e. The number of rotatable bonds is 1. The average Bonchev–Trinajstić information content (AvgIpc) is 2.13. The van der Waals surface area contributed by atoms with E-state index in [4.69, 9.17) is 0 Å². The van der Waals surface area contributed by atoms with Crippen molar-refractivity contribution < 1.29 is 0 Å². The van der Waals surface area contributed by atoms with Gasteiger partial charge in [-0.15, -0.1) is 0 Å². The first-order valence-corrected chi connectivity index (χ1v) is 2.74. The van der Waals surface area contributed by atoms with Crippen molar-refractivity contribution in [3.05, 3.63) is 23.5 Å². The number of aromatic nitrogens is 1. The van der Waals surface area contributed by atoms with Gasteiger partial charge in [0.15, 0.2) is 0 Å². The molecule has 9 heavy (non-hydrogen) atoms. The maximum Gasteiger partial charge on any atom is 0.103 e. The van der Waals surface area contributed by atoms with Crippen molar-refractivity contribution >= 4 is 5.82 Å². The van der Waals surface area contributed by atoms with E-state index in [1.165, 1.54) is 6.20 Å². The smallest absolute Gasteiger partial charge is 0.103 e. The minimum absolute atomic E-state index is 0.676. The van der Waals surface area contributed by atoms with E-state index in [2.05, 4.69) is 0 Å². The Bertz CT molecular complexity index is 193. The molecule has 50 valence electrons. The molecule has 0 aromatic carbocycles. The lowest BCUT2D eigenvalue weighted by Crippen LogP contribution is -2.11. The molecule has 0 fully saturated rings. The molecule has 0 spiro atoms. The molecule has 0 unspecified atom stereocenters. The van der Waals surface area contributed by atoms with Crippen LogP contribution in [0.5, 0.6) is 0 Å². The summed E-state index contributed by atoms with van der Waals surface area (Å²) in [6.07, 6.45) is 1.48. The maximum absolute atomic E-state index is 10.7. The lowest BCUT2D eigenvalue weighted by atomic mass is 10.6. The molecule has 0 aliphatic carbocycles. The highest BCUT2D eigenvalue weighted by Crippen LogP contribution is 2.08. The molecule has 0 bridgehead atoms. The molecule has 0 aliphatic rings. The van der Waals surface area contributed by atoms with Gasteiger partial charge in [-0.1, -0.05) is 0 Å². The van der Waals surface area contributed by atoms with Crippen LogP contribution in [0.4, 0.5) is 5.82 Å². The van der Waals surface area contributed by atoms with Crippen molar-refractivity contribution in [3.8, 4) is 0 Å². The number of hydrogen-bond acceptors (Lipinski definition) is 2. The molecular weight excluding hydrogens is 116 g/mol. The van der Waals surface area contributed by atoms with Gasteiger partial charge in [0, 0.05) is 14.1 Å². The van der Waals surface area contributed by atoms with Gasteiger partial charge in [-0.25, -0.2) is 0 Å². The first kappa shape index (κ1) is 6.01. The highest BCUT2D eigenvalue weighted by molar-refractivity contribution is 5.38. The summed E-state index contributed by atoms with van der Waals surface area (Å²) in [5.74, 6) is 0.676. The van der Waals surface area contributed by atoms with Crippen molar-refractivity contribution in [1.29, 1.82) is 0 Å². The van der Waals surface area contributed by atoms with Crippen LogP contribution >= 0.6 is 0 Å². The second-order valence-corrected chi connectivity index (χ2v) is 2.09. The highest BCUT2D eigenvalue weighted by Gasteiger charge is 1.92. The van der Waals surface area contributed by atoms with Gasteiger partial charge in [-0.05, 0) is 18.3 Å². The normalized spacial score (nSPS) is 9.56. The molecule has 1 aromatic rings. The number of anilines is 1. The Balaban J connectivity index is 2.94. The van der Waals surface area contributed by atoms with Crippen LogP contribution in [-0.4, -0.2) is 18.8 Å². The molecular formula is C6H9N2O-. The van der Waals surface area contributed by atoms with Crippen LogP contribution in [0.3, 0.4) is 0 Å². The summed E-state index contributed by atoms with van der Waals surface area (Å²) in [4.78, 5) is 1.77. The molecule has 1 rings (SSSR count). The van der Waals surface area contributed by atoms with E-state index in [1.807, 2.05) is 14.1 Å². The molecule has 0 N–H and O–H groups in total. The van der Waals surface area contributed by atoms with E-state index in [9.17, 15) is 5.21 Å². The van der Waals surface area contributed by atoms with Crippen LogP contribution in [0.1, 0.15) is 0 Å². The Morgan fingerprint density at radius 3 is 2.44 bits per heavy atom. The van der Waals surface area contributed by atoms with Crippen molar-refractivity contribution in [2.75, 3.05) is 19.0 Å². The van der Waals surface area contributed by atoms with E-state index in [0.717, 1.165) is 4.73 Å². The summed E-state index contributed by atoms with van der Waals surface area (Å²) in [5.41, 5.74) is 0. The fourth-order valence-electron chi connectivity index (χ4n) is 0.703. The molecule has 3 heteroatoms. The highest BCUT2D eigenvalue weighted by atomic mass is 16.5. The molecule has 1 aromatic heterocycles. The fraction of sp³-hybridized carbons (Fsp3) is 0.333. The molecule has 0 radical (unpaired) electrons. The van der Waals surface area contributed by atoms with Gasteiger partial charge in [-0.3, -0.25) is 0 Å². The van der Waals surface area contributed by atoms with E-state index >= 15 is 0 Å². The Morgan fingerprint density at radius 1 is 1.56 bits per heavy atom. The van der Waals surface area contributed by atoms with Gasteiger partial charge < -0.3 is 14.8 Å². The third kappa shape index (κ3) is 0.988. The third-order valence-corrected chi connectivity index (χ3v) is 1.15. The summed E-state index contributed by atoms with van der Waals surface area (Å²) in [6, 6.07) is 3.50. The topological polar surface area (TPSA) is 31.2 Å². The SMILES string of the molecule is CN(C)c1cccn1[O-]. The lowest BCUT2D eigenvalue weighted by Gasteiger charge is -2.18. The van der Waals surface area contributed by atoms with Crippen LogP contribution < -0.4 is 4.90 Å². The zero-order valence-electron chi connectivity index (χ0n) is 5.53. The molecule has 0 amide bonds. The molecule has 0 saturated heterocycles. The summed E-state index contributed by atoms with van der Waals surface area (Å²) in [5, 5.41) is 10.7. The summed E-state index contributed by atoms with van der Waals surface area (Å²) in [7, 11) is 3.67. The molecule has 0 saturated carbocycles. The van der Waals surface area contributed by atoms with E-state index in [-0.39, 0.29) is 0 Å². The van der Waals surface area contributed by atoms with Crippen LogP contribution in [-0.2, 0) is 0 Å². The minimum atomic E-state index is 0.676. The van der Waals surface area contributed by atoms with Gasteiger partial charge in [-0.2, -0.15) is 0 Å². The monoisotopic (exact) mass is 125 g/mol. The van der Waals surface area contributed by atoms with E-state index in [1.54, 1.807) is 17.0 Å². The van der Waals surface area contributed by atoms with Gasteiger partial charge in [0.05, 0.1) is 0 Å². The number of hydrogen-bond donors (Lipinski definition) is 0. The first-order valence-electron chi connectivity index (χ1n) is 2.74. The van der Waals surface area contributed by atoms with Gasteiger partial charge >= 0.3 is 0 Å². The van der Waals surface area contributed by atoms with Crippen molar-refractivity contribution in [2.45, 2.75) is 0 Å². The third-order valence-electron chi connectivity index (χ3n) is 1.15. The predicted molar refractivity (Wildman–Crippen MR) is 37.5 cm³/mol. The summed E-state index contributed by atoms with van der Waals surface area (Å²) in [6.45, 7) is 0. The van der Waals surface area contributed by atoms with Crippen LogP contribution in [0.25, 0.3) is 0 Å². The van der Waals surface area contributed by atoms with Crippen LogP contribution in [0.2, 0.25) is 0 Å². The Hall–Kier alpha value is -1.12.